The fraction of sp³-hybridized carbons (Fsp3) is 0.226. The summed E-state index contributed by atoms with van der Waals surface area (Å²) in [5.41, 5.74) is 4.98. The quantitative estimate of drug-likeness (QED) is 0.238. The number of aromatic nitrogens is 4. The number of carbonyl (C=O) groups excluding carboxylic acids is 1. The van der Waals surface area contributed by atoms with Crippen molar-refractivity contribution in [3.05, 3.63) is 96.6 Å². The van der Waals surface area contributed by atoms with Crippen LogP contribution in [-0.4, -0.2) is 32.0 Å². The van der Waals surface area contributed by atoms with Gasteiger partial charge in [-0.3, -0.25) is 5.32 Å². The molecule has 1 aliphatic carbocycles. The summed E-state index contributed by atoms with van der Waals surface area (Å²) in [4.78, 5) is 16.3. The van der Waals surface area contributed by atoms with Gasteiger partial charge in [0.25, 0.3) is 0 Å². The molecule has 3 aromatic carbocycles. The van der Waals surface area contributed by atoms with Crippen molar-refractivity contribution < 1.29 is 14.3 Å². The van der Waals surface area contributed by atoms with E-state index in [0.717, 1.165) is 40.6 Å². The minimum atomic E-state index is -0.519. The number of ether oxygens (including phenoxy) is 2. The molecule has 40 heavy (non-hydrogen) atoms. The van der Waals surface area contributed by atoms with Crippen LogP contribution in [0.2, 0.25) is 0 Å². The molecular weight excluding hydrogens is 504 g/mol. The monoisotopic (exact) mass is 532 g/mol. The van der Waals surface area contributed by atoms with Crippen molar-refractivity contribution in [2.24, 2.45) is 0 Å². The van der Waals surface area contributed by atoms with Gasteiger partial charge in [-0.2, -0.15) is 10.4 Å². The first kappa shape index (κ1) is 25.2. The molecule has 6 rings (SSSR count). The highest BCUT2D eigenvalue weighted by molar-refractivity contribution is 5.96. The van der Waals surface area contributed by atoms with Crippen molar-refractivity contribution in [2.75, 3.05) is 11.9 Å². The number of fused-ring (bicyclic) bond motifs is 1. The van der Waals surface area contributed by atoms with Gasteiger partial charge in [-0.1, -0.05) is 42.5 Å². The molecule has 0 bridgehead atoms. The number of hydrogen-bond acceptors (Lipinski definition) is 6. The number of anilines is 1. The third-order valence-electron chi connectivity index (χ3n) is 7.20. The molecule has 0 spiro atoms. The summed E-state index contributed by atoms with van der Waals surface area (Å²) in [6.45, 7) is 1.22. The van der Waals surface area contributed by atoms with Crippen molar-refractivity contribution >= 4 is 22.7 Å². The molecule has 1 saturated carbocycles. The van der Waals surface area contributed by atoms with Crippen LogP contribution in [0, 0.1) is 11.3 Å². The van der Waals surface area contributed by atoms with Gasteiger partial charge < -0.3 is 14.0 Å². The van der Waals surface area contributed by atoms with E-state index in [-0.39, 0.29) is 6.61 Å². The summed E-state index contributed by atoms with van der Waals surface area (Å²) in [7, 11) is 0. The lowest BCUT2D eigenvalue weighted by Crippen LogP contribution is -2.18. The normalized spacial score (nSPS) is 13.0. The molecular formula is C31H28N6O3. The summed E-state index contributed by atoms with van der Waals surface area (Å²) >= 11 is 0. The predicted molar refractivity (Wildman–Crippen MR) is 151 cm³/mol. The Bertz CT molecular complexity index is 1650. The average Bonchev–Trinajstić information content (AvgIpc) is 3.58. The third-order valence-corrected chi connectivity index (χ3v) is 7.20. The second-order valence-electron chi connectivity index (χ2n) is 9.74. The Balaban J connectivity index is 1.24. The predicted octanol–water partition coefficient (Wildman–Crippen LogP) is 6.32. The number of carbonyl (C=O) groups is 1. The van der Waals surface area contributed by atoms with E-state index in [1.807, 2.05) is 72.8 Å². The zero-order valence-electron chi connectivity index (χ0n) is 21.9. The molecule has 5 aromatic rings. The maximum atomic E-state index is 12.3. The van der Waals surface area contributed by atoms with Gasteiger partial charge in [0.05, 0.1) is 23.3 Å². The van der Waals surface area contributed by atoms with Crippen LogP contribution in [-0.2, 0) is 17.9 Å². The van der Waals surface area contributed by atoms with Crippen LogP contribution < -0.4 is 10.1 Å². The summed E-state index contributed by atoms with van der Waals surface area (Å²) in [6.07, 6.45) is 5.95. The van der Waals surface area contributed by atoms with Gasteiger partial charge in [0.2, 0.25) is 0 Å². The molecule has 2 aromatic heterocycles. The van der Waals surface area contributed by atoms with Crippen LogP contribution in [0.3, 0.4) is 0 Å². The van der Waals surface area contributed by atoms with Crippen molar-refractivity contribution in [3.8, 4) is 23.1 Å². The van der Waals surface area contributed by atoms with E-state index in [4.69, 9.17) is 9.47 Å². The molecule has 1 aliphatic rings. The summed E-state index contributed by atoms with van der Waals surface area (Å²) in [5, 5.41) is 18.0. The molecule has 9 nitrogen and oxygen atoms in total. The second-order valence-corrected chi connectivity index (χ2v) is 9.74. The van der Waals surface area contributed by atoms with E-state index < -0.39 is 6.09 Å². The number of amides is 1. The van der Waals surface area contributed by atoms with Gasteiger partial charge in [0, 0.05) is 17.1 Å². The van der Waals surface area contributed by atoms with E-state index in [1.54, 1.807) is 11.0 Å². The molecule has 1 N–H and O–H groups in total. The lowest BCUT2D eigenvalue weighted by Gasteiger charge is -2.30. The first-order chi connectivity index (χ1) is 19.7. The highest BCUT2D eigenvalue weighted by atomic mass is 16.5. The third kappa shape index (κ3) is 5.24. The van der Waals surface area contributed by atoms with Gasteiger partial charge in [-0.05, 0) is 60.7 Å². The Kier molecular flexibility index (Phi) is 7.14. The van der Waals surface area contributed by atoms with E-state index in [9.17, 15) is 10.1 Å². The zero-order valence-corrected chi connectivity index (χ0v) is 21.9. The standard InChI is InChI=1S/C31H28N6O3/c32-18-28-27-17-26(39-16-15-36-21-33-20-34-36)13-14-29(27)37(25-7-4-8-25)30(28)23-9-11-24(12-10-23)35-31(38)40-19-22-5-2-1-3-6-22/h1-3,5-6,9-14,17,20-21,25H,4,7-8,15-16,19H2,(H,35,38). The van der Waals surface area contributed by atoms with Crippen molar-refractivity contribution in [2.45, 2.75) is 38.5 Å². The fourth-order valence-corrected chi connectivity index (χ4v) is 5.00. The number of nitrogens with one attached hydrogen (secondary N) is 1. The van der Waals surface area contributed by atoms with Gasteiger partial charge in [0.15, 0.2) is 0 Å². The first-order valence-electron chi connectivity index (χ1n) is 13.3. The van der Waals surface area contributed by atoms with Crippen molar-refractivity contribution in [3.63, 3.8) is 0 Å². The minimum Gasteiger partial charge on any atom is -0.492 e. The maximum Gasteiger partial charge on any atom is 0.411 e. The van der Waals surface area contributed by atoms with E-state index in [2.05, 4.69) is 26.0 Å². The molecule has 200 valence electrons. The highest BCUT2D eigenvalue weighted by Gasteiger charge is 2.28. The Morgan fingerprint density at radius 2 is 1.90 bits per heavy atom. The van der Waals surface area contributed by atoms with Crippen LogP contribution in [0.5, 0.6) is 5.75 Å². The Morgan fingerprint density at radius 1 is 1.07 bits per heavy atom. The lowest BCUT2D eigenvalue weighted by atomic mass is 9.92. The average molecular weight is 533 g/mol. The lowest BCUT2D eigenvalue weighted by molar-refractivity contribution is 0.155. The fourth-order valence-electron chi connectivity index (χ4n) is 5.00. The van der Waals surface area contributed by atoms with Gasteiger partial charge in [0.1, 0.15) is 37.7 Å². The number of nitrogens with zero attached hydrogens (tertiary/aromatic N) is 5. The zero-order chi connectivity index (χ0) is 27.3. The maximum absolute atomic E-state index is 12.3. The van der Waals surface area contributed by atoms with Gasteiger partial charge in [-0.15, -0.1) is 0 Å². The number of hydrogen-bond donors (Lipinski definition) is 1. The van der Waals surface area contributed by atoms with Crippen LogP contribution in [0.25, 0.3) is 22.2 Å². The largest absolute Gasteiger partial charge is 0.492 e. The number of benzene rings is 3. The Hall–Kier alpha value is -5.10. The Labute approximate surface area is 231 Å². The number of rotatable bonds is 9. The number of nitriles is 1. The molecule has 0 unspecified atom stereocenters. The van der Waals surface area contributed by atoms with E-state index in [0.29, 0.717) is 36.2 Å². The Morgan fingerprint density at radius 3 is 2.60 bits per heavy atom. The van der Waals surface area contributed by atoms with Gasteiger partial charge in [-0.25, -0.2) is 14.5 Å². The molecule has 2 heterocycles. The van der Waals surface area contributed by atoms with Crippen LogP contribution in [0.4, 0.5) is 10.5 Å². The SMILES string of the molecule is N#Cc1c(-c2ccc(NC(=O)OCc3ccccc3)cc2)n(C2CCC2)c2ccc(OCCn3cncn3)cc12. The molecule has 0 saturated heterocycles. The molecule has 0 atom stereocenters. The summed E-state index contributed by atoms with van der Waals surface area (Å²) in [5.74, 6) is 0.704. The molecule has 9 heteroatoms. The van der Waals surface area contributed by atoms with Gasteiger partial charge >= 0.3 is 6.09 Å². The minimum absolute atomic E-state index is 0.198. The van der Waals surface area contributed by atoms with Crippen LogP contribution in [0.1, 0.15) is 36.4 Å². The van der Waals surface area contributed by atoms with Crippen molar-refractivity contribution in [1.29, 1.82) is 5.26 Å². The molecule has 0 radical (unpaired) electrons. The highest BCUT2D eigenvalue weighted by Crippen LogP contribution is 2.43. The molecule has 1 fully saturated rings. The topological polar surface area (TPSA) is 107 Å². The van der Waals surface area contributed by atoms with E-state index >= 15 is 0 Å². The smallest absolute Gasteiger partial charge is 0.411 e. The van der Waals surface area contributed by atoms with Crippen LogP contribution in [0.15, 0.2) is 85.5 Å². The molecule has 0 aliphatic heterocycles. The van der Waals surface area contributed by atoms with E-state index in [1.165, 1.54) is 12.7 Å². The van der Waals surface area contributed by atoms with Crippen LogP contribution >= 0.6 is 0 Å². The first-order valence-corrected chi connectivity index (χ1v) is 13.3. The summed E-state index contributed by atoms with van der Waals surface area (Å²) in [6, 6.07) is 25.8. The molecule has 1 amide bonds. The second kappa shape index (κ2) is 11.3. The summed E-state index contributed by atoms with van der Waals surface area (Å²) < 4.78 is 15.3. The van der Waals surface area contributed by atoms with Crippen molar-refractivity contribution in [1.82, 2.24) is 19.3 Å².